The summed E-state index contributed by atoms with van der Waals surface area (Å²) in [5.74, 6) is -3.88. The smallest absolute Gasteiger partial charge is 0.321 e. The Morgan fingerprint density at radius 1 is 0.960 bits per heavy atom. The highest BCUT2D eigenvalue weighted by Gasteiger charge is 2.25. The number of rotatable bonds is 2. The summed E-state index contributed by atoms with van der Waals surface area (Å²) in [6.45, 7) is 3.29. The second-order valence-electron chi connectivity index (χ2n) is 5.91. The van der Waals surface area contributed by atoms with E-state index in [1.165, 1.54) is 6.07 Å². The van der Waals surface area contributed by atoms with Crippen molar-refractivity contribution in [3.63, 3.8) is 0 Å². The van der Waals surface area contributed by atoms with Gasteiger partial charge in [-0.1, -0.05) is 18.2 Å². The van der Waals surface area contributed by atoms with Crippen LogP contribution in [-0.4, -0.2) is 37.1 Å². The van der Waals surface area contributed by atoms with Gasteiger partial charge in [-0.3, -0.25) is 0 Å². The third kappa shape index (κ3) is 3.55. The number of hydrogen-bond donors (Lipinski definition) is 1. The molecule has 132 valence electrons. The predicted octanol–water partition coefficient (Wildman–Crippen LogP) is 3.77. The first-order valence-corrected chi connectivity index (χ1v) is 7.97. The molecule has 0 aromatic heterocycles. The molecule has 0 bridgehead atoms. The summed E-state index contributed by atoms with van der Waals surface area (Å²) >= 11 is 0. The van der Waals surface area contributed by atoms with Gasteiger partial charge < -0.3 is 15.1 Å². The fraction of sp³-hybridized carbons (Fsp3) is 0.278. The number of halogens is 3. The van der Waals surface area contributed by atoms with E-state index in [1.807, 2.05) is 31.2 Å². The number of hydrogen-bond acceptors (Lipinski definition) is 2. The number of carbonyl (C=O) groups is 1. The van der Waals surface area contributed by atoms with Crippen LogP contribution in [0.4, 0.5) is 29.3 Å². The first-order chi connectivity index (χ1) is 12.0. The Balaban J connectivity index is 1.63. The van der Waals surface area contributed by atoms with Crippen molar-refractivity contribution in [1.29, 1.82) is 0 Å². The van der Waals surface area contributed by atoms with Crippen molar-refractivity contribution in [2.75, 3.05) is 36.4 Å². The molecule has 1 aliphatic heterocycles. The zero-order valence-corrected chi connectivity index (χ0v) is 13.7. The number of nitrogens with zero attached hydrogens (tertiary/aromatic N) is 2. The van der Waals surface area contributed by atoms with Crippen molar-refractivity contribution >= 4 is 17.4 Å². The number of carbonyl (C=O) groups excluding carboxylic acids is 1. The van der Waals surface area contributed by atoms with Crippen molar-refractivity contribution in [3.8, 4) is 0 Å². The largest absolute Gasteiger partial charge is 0.366 e. The molecular formula is C18H18F3N3O. The molecule has 0 aliphatic carbocycles. The molecule has 7 heteroatoms. The van der Waals surface area contributed by atoms with Gasteiger partial charge in [0, 0.05) is 31.9 Å². The Labute approximate surface area is 143 Å². The van der Waals surface area contributed by atoms with Gasteiger partial charge in [-0.25, -0.2) is 18.0 Å². The zero-order chi connectivity index (χ0) is 18.0. The molecule has 0 saturated carbocycles. The minimum atomic E-state index is -1.47. The molecule has 2 aromatic carbocycles. The maximum atomic E-state index is 13.9. The molecule has 1 heterocycles. The SMILES string of the molecule is Cc1ccccc1NC(=O)N1CCN(c2ccc(F)c(F)c2F)CC1. The van der Waals surface area contributed by atoms with Gasteiger partial charge >= 0.3 is 6.03 Å². The third-order valence-corrected chi connectivity index (χ3v) is 4.31. The quantitative estimate of drug-likeness (QED) is 0.838. The van der Waals surface area contributed by atoms with Crippen molar-refractivity contribution < 1.29 is 18.0 Å². The maximum absolute atomic E-state index is 13.9. The average Bonchev–Trinajstić information content (AvgIpc) is 2.62. The van der Waals surface area contributed by atoms with Crippen molar-refractivity contribution in [2.24, 2.45) is 0 Å². The zero-order valence-electron chi connectivity index (χ0n) is 13.7. The fourth-order valence-corrected chi connectivity index (χ4v) is 2.82. The maximum Gasteiger partial charge on any atom is 0.321 e. The van der Waals surface area contributed by atoms with E-state index in [0.717, 1.165) is 17.3 Å². The third-order valence-electron chi connectivity index (χ3n) is 4.31. The monoisotopic (exact) mass is 349 g/mol. The lowest BCUT2D eigenvalue weighted by molar-refractivity contribution is 0.208. The number of nitrogens with one attached hydrogen (secondary N) is 1. The molecule has 2 aromatic rings. The van der Waals surface area contributed by atoms with Crippen molar-refractivity contribution in [2.45, 2.75) is 6.92 Å². The topological polar surface area (TPSA) is 35.6 Å². The molecule has 1 aliphatic rings. The first kappa shape index (κ1) is 17.1. The van der Waals surface area contributed by atoms with Crippen LogP contribution in [0.2, 0.25) is 0 Å². The highest BCUT2D eigenvalue weighted by molar-refractivity contribution is 5.90. The van der Waals surface area contributed by atoms with E-state index in [1.54, 1.807) is 9.80 Å². The van der Waals surface area contributed by atoms with Crippen LogP contribution < -0.4 is 10.2 Å². The molecule has 2 amide bonds. The van der Waals surface area contributed by atoms with E-state index in [9.17, 15) is 18.0 Å². The van der Waals surface area contributed by atoms with Crippen LogP contribution in [0.1, 0.15) is 5.56 Å². The number of anilines is 2. The Morgan fingerprint density at radius 2 is 1.64 bits per heavy atom. The van der Waals surface area contributed by atoms with Crippen LogP contribution >= 0.6 is 0 Å². The molecule has 1 saturated heterocycles. The predicted molar refractivity (Wildman–Crippen MR) is 90.3 cm³/mol. The van der Waals surface area contributed by atoms with E-state index in [4.69, 9.17) is 0 Å². The summed E-state index contributed by atoms with van der Waals surface area (Å²) in [4.78, 5) is 15.6. The van der Waals surface area contributed by atoms with Crippen molar-refractivity contribution in [3.05, 3.63) is 59.4 Å². The lowest BCUT2D eigenvalue weighted by Gasteiger charge is -2.36. The summed E-state index contributed by atoms with van der Waals surface area (Å²) in [6.07, 6.45) is 0. The molecule has 0 unspecified atom stereocenters. The standard InChI is InChI=1S/C18H18F3N3O/c1-12-4-2-3-5-14(12)22-18(25)24-10-8-23(9-11-24)15-7-6-13(19)16(20)17(15)21/h2-7H,8-11H2,1H3,(H,22,25). The van der Waals surface area contributed by atoms with Gasteiger partial charge in [0.1, 0.15) is 0 Å². The van der Waals surface area contributed by atoms with Crippen LogP contribution in [0.15, 0.2) is 36.4 Å². The molecular weight excluding hydrogens is 331 g/mol. The van der Waals surface area contributed by atoms with Crippen LogP contribution in [-0.2, 0) is 0 Å². The van der Waals surface area contributed by atoms with Gasteiger partial charge in [0.05, 0.1) is 5.69 Å². The van der Waals surface area contributed by atoms with Crippen molar-refractivity contribution in [1.82, 2.24) is 4.90 Å². The average molecular weight is 349 g/mol. The number of piperazine rings is 1. The van der Waals surface area contributed by atoms with Crippen LogP contribution in [0.3, 0.4) is 0 Å². The van der Waals surface area contributed by atoms with Gasteiger partial charge in [-0.2, -0.15) is 0 Å². The molecule has 4 nitrogen and oxygen atoms in total. The van der Waals surface area contributed by atoms with E-state index in [-0.39, 0.29) is 11.7 Å². The number of para-hydroxylation sites is 1. The summed E-state index contributed by atoms with van der Waals surface area (Å²) in [7, 11) is 0. The van der Waals surface area contributed by atoms with Crippen LogP contribution in [0, 0.1) is 24.4 Å². The Hall–Kier alpha value is -2.70. The van der Waals surface area contributed by atoms with E-state index >= 15 is 0 Å². The van der Waals surface area contributed by atoms with Gasteiger partial charge in [-0.15, -0.1) is 0 Å². The van der Waals surface area contributed by atoms with Crippen LogP contribution in [0.5, 0.6) is 0 Å². The molecule has 1 fully saturated rings. The summed E-state index contributed by atoms with van der Waals surface area (Å²) < 4.78 is 40.3. The molecule has 3 rings (SSSR count). The minimum absolute atomic E-state index is 0.0119. The second-order valence-corrected chi connectivity index (χ2v) is 5.91. The Bertz CT molecular complexity index is 789. The molecule has 0 atom stereocenters. The number of urea groups is 1. The molecule has 0 spiro atoms. The van der Waals surface area contributed by atoms with Gasteiger partial charge in [0.2, 0.25) is 0 Å². The number of amides is 2. The van der Waals surface area contributed by atoms with E-state index < -0.39 is 17.5 Å². The second kappa shape index (κ2) is 7.04. The van der Waals surface area contributed by atoms with Gasteiger partial charge in [0.25, 0.3) is 0 Å². The Kier molecular flexibility index (Phi) is 4.83. The number of aryl methyl sites for hydroxylation is 1. The highest BCUT2D eigenvalue weighted by Crippen LogP contribution is 2.25. The Morgan fingerprint density at radius 3 is 2.32 bits per heavy atom. The lowest BCUT2D eigenvalue weighted by Crippen LogP contribution is -2.50. The fourth-order valence-electron chi connectivity index (χ4n) is 2.82. The van der Waals surface area contributed by atoms with Gasteiger partial charge in [-0.05, 0) is 30.7 Å². The highest BCUT2D eigenvalue weighted by atomic mass is 19.2. The summed E-state index contributed by atoms with van der Waals surface area (Å²) in [5.41, 5.74) is 1.71. The number of benzene rings is 2. The van der Waals surface area contributed by atoms with Gasteiger partial charge in [0.15, 0.2) is 17.5 Å². The normalized spacial score (nSPS) is 14.6. The lowest BCUT2D eigenvalue weighted by atomic mass is 10.2. The first-order valence-electron chi connectivity index (χ1n) is 7.97. The molecule has 0 radical (unpaired) electrons. The van der Waals surface area contributed by atoms with E-state index in [2.05, 4.69) is 5.32 Å². The van der Waals surface area contributed by atoms with E-state index in [0.29, 0.717) is 26.2 Å². The summed E-state index contributed by atoms with van der Waals surface area (Å²) in [5, 5.41) is 2.85. The van der Waals surface area contributed by atoms with Crippen LogP contribution in [0.25, 0.3) is 0 Å². The molecule has 25 heavy (non-hydrogen) atoms. The summed E-state index contributed by atoms with van der Waals surface area (Å²) in [6, 6.07) is 9.34. The minimum Gasteiger partial charge on any atom is -0.366 e. The molecule has 1 N–H and O–H groups in total.